The Bertz CT molecular complexity index is 643. The summed E-state index contributed by atoms with van der Waals surface area (Å²) in [4.78, 5) is 12.2. The molecular formula is C16H21ClF3N3O. The van der Waals surface area contributed by atoms with Crippen LogP contribution in [0.15, 0.2) is 0 Å². The molecule has 1 heterocycles. The first-order valence-corrected chi connectivity index (χ1v) is 8.64. The van der Waals surface area contributed by atoms with E-state index in [-0.39, 0.29) is 24.2 Å². The van der Waals surface area contributed by atoms with Gasteiger partial charge in [-0.1, -0.05) is 18.0 Å². The van der Waals surface area contributed by atoms with Crippen molar-refractivity contribution in [3.63, 3.8) is 0 Å². The van der Waals surface area contributed by atoms with Crippen LogP contribution in [0.25, 0.3) is 0 Å². The van der Waals surface area contributed by atoms with Crippen LogP contribution in [-0.4, -0.2) is 21.7 Å². The molecule has 4 atom stereocenters. The van der Waals surface area contributed by atoms with Crippen LogP contribution in [0.2, 0.25) is 5.02 Å². The fourth-order valence-corrected chi connectivity index (χ4v) is 4.55. The highest BCUT2D eigenvalue weighted by molar-refractivity contribution is 6.32. The van der Waals surface area contributed by atoms with Gasteiger partial charge in [-0.3, -0.25) is 9.48 Å². The fraction of sp³-hybridized carbons (Fsp3) is 0.750. The van der Waals surface area contributed by atoms with E-state index >= 15 is 0 Å². The van der Waals surface area contributed by atoms with E-state index in [1.807, 2.05) is 6.92 Å². The van der Waals surface area contributed by atoms with E-state index in [4.69, 9.17) is 11.6 Å². The standard InChI is InChI=1S/C16H21ClF3N3O/c1-8(12-6-10-3-4-11(12)5-10)21-13(24)7-23-9(2)14(17)15(22-23)16(18,19)20/h8,10-12H,3-7H2,1-2H3,(H,21,24)/t8-,10+,11+,12+/m1/s1. The van der Waals surface area contributed by atoms with E-state index in [9.17, 15) is 18.0 Å². The van der Waals surface area contributed by atoms with Gasteiger partial charge in [-0.15, -0.1) is 0 Å². The minimum absolute atomic E-state index is 0.0289. The highest BCUT2D eigenvalue weighted by atomic mass is 35.5. The molecule has 0 aliphatic heterocycles. The summed E-state index contributed by atoms with van der Waals surface area (Å²) in [5.41, 5.74) is -0.998. The number of fused-ring (bicyclic) bond motifs is 2. The number of alkyl halides is 3. The van der Waals surface area contributed by atoms with Gasteiger partial charge in [-0.25, -0.2) is 0 Å². The number of halogens is 4. The van der Waals surface area contributed by atoms with Crippen molar-refractivity contribution < 1.29 is 18.0 Å². The largest absolute Gasteiger partial charge is 0.436 e. The minimum atomic E-state index is -4.63. The van der Waals surface area contributed by atoms with Crippen molar-refractivity contribution >= 4 is 17.5 Å². The Labute approximate surface area is 143 Å². The van der Waals surface area contributed by atoms with Crippen molar-refractivity contribution in [1.29, 1.82) is 0 Å². The topological polar surface area (TPSA) is 46.9 Å². The zero-order chi connectivity index (χ0) is 17.6. The van der Waals surface area contributed by atoms with Gasteiger partial charge in [0.05, 0.1) is 10.7 Å². The number of carbonyl (C=O) groups excluding carboxylic acids is 1. The zero-order valence-electron chi connectivity index (χ0n) is 13.7. The van der Waals surface area contributed by atoms with E-state index < -0.39 is 16.9 Å². The van der Waals surface area contributed by atoms with E-state index in [1.165, 1.54) is 26.2 Å². The maximum Gasteiger partial charge on any atom is 0.436 e. The van der Waals surface area contributed by atoms with Crippen LogP contribution in [0.3, 0.4) is 0 Å². The first kappa shape index (κ1) is 17.6. The van der Waals surface area contributed by atoms with Gasteiger partial charge in [0.1, 0.15) is 6.54 Å². The molecule has 2 aliphatic carbocycles. The molecule has 0 unspecified atom stereocenters. The molecule has 0 spiro atoms. The number of carbonyl (C=O) groups is 1. The Morgan fingerprint density at radius 3 is 2.62 bits per heavy atom. The molecule has 1 N–H and O–H groups in total. The molecule has 2 bridgehead atoms. The smallest absolute Gasteiger partial charge is 0.352 e. The molecule has 24 heavy (non-hydrogen) atoms. The summed E-state index contributed by atoms with van der Waals surface area (Å²) >= 11 is 5.70. The Hall–Kier alpha value is -1.24. The summed E-state index contributed by atoms with van der Waals surface area (Å²) in [6, 6.07) is 0.0289. The third-order valence-corrected chi connectivity index (χ3v) is 5.97. The van der Waals surface area contributed by atoms with Crippen molar-refractivity contribution in [2.45, 2.75) is 58.3 Å². The summed E-state index contributed by atoms with van der Waals surface area (Å²) in [6.45, 7) is 3.15. The molecule has 2 saturated carbocycles. The number of nitrogens with one attached hydrogen (secondary N) is 1. The van der Waals surface area contributed by atoms with Gasteiger partial charge >= 0.3 is 6.18 Å². The zero-order valence-corrected chi connectivity index (χ0v) is 14.4. The summed E-state index contributed by atoms with van der Waals surface area (Å²) in [5.74, 6) is 1.59. The lowest BCUT2D eigenvalue weighted by molar-refractivity contribution is -0.141. The van der Waals surface area contributed by atoms with Crippen molar-refractivity contribution in [3.8, 4) is 0 Å². The third kappa shape index (κ3) is 3.27. The second kappa shape index (κ2) is 6.24. The van der Waals surface area contributed by atoms with Gasteiger partial charge in [0, 0.05) is 6.04 Å². The van der Waals surface area contributed by atoms with E-state index in [1.54, 1.807) is 0 Å². The number of aromatic nitrogens is 2. The molecule has 1 aromatic rings. The highest BCUT2D eigenvalue weighted by Gasteiger charge is 2.42. The lowest BCUT2D eigenvalue weighted by Gasteiger charge is -2.28. The molecule has 8 heteroatoms. The van der Waals surface area contributed by atoms with Gasteiger partial charge in [0.15, 0.2) is 5.69 Å². The molecule has 134 valence electrons. The predicted molar refractivity (Wildman–Crippen MR) is 83.5 cm³/mol. The van der Waals surface area contributed by atoms with Gasteiger partial charge in [0.25, 0.3) is 0 Å². The van der Waals surface area contributed by atoms with Crippen LogP contribution in [0.5, 0.6) is 0 Å². The van der Waals surface area contributed by atoms with Crippen LogP contribution in [0, 0.1) is 24.7 Å². The van der Waals surface area contributed by atoms with Gasteiger partial charge in [-0.05, 0) is 50.9 Å². The lowest BCUT2D eigenvalue weighted by Crippen LogP contribution is -2.41. The molecule has 2 fully saturated rings. The molecule has 0 aromatic carbocycles. The molecular weight excluding hydrogens is 343 g/mol. The third-order valence-electron chi connectivity index (χ3n) is 5.52. The van der Waals surface area contributed by atoms with Gasteiger partial charge in [-0.2, -0.15) is 18.3 Å². The molecule has 1 aromatic heterocycles. The van der Waals surface area contributed by atoms with Crippen molar-refractivity contribution in [2.24, 2.45) is 17.8 Å². The van der Waals surface area contributed by atoms with Gasteiger partial charge < -0.3 is 5.32 Å². The molecule has 1 amide bonds. The van der Waals surface area contributed by atoms with Crippen molar-refractivity contribution in [1.82, 2.24) is 15.1 Å². The monoisotopic (exact) mass is 363 g/mol. The number of rotatable bonds is 4. The number of amides is 1. The van der Waals surface area contributed by atoms with Crippen LogP contribution >= 0.6 is 11.6 Å². The second-order valence-corrected chi connectivity index (χ2v) is 7.48. The number of hydrogen-bond acceptors (Lipinski definition) is 2. The van der Waals surface area contributed by atoms with E-state index in [0.717, 1.165) is 17.0 Å². The lowest BCUT2D eigenvalue weighted by atomic mass is 9.84. The first-order valence-electron chi connectivity index (χ1n) is 8.26. The van der Waals surface area contributed by atoms with Crippen LogP contribution in [0.4, 0.5) is 13.2 Å². The number of nitrogens with zero attached hydrogens (tertiary/aromatic N) is 2. The molecule has 2 aliphatic rings. The minimum Gasteiger partial charge on any atom is -0.352 e. The summed E-state index contributed by atoms with van der Waals surface area (Å²) in [6.07, 6.45) is 0.260. The summed E-state index contributed by atoms with van der Waals surface area (Å²) < 4.78 is 39.5. The summed E-state index contributed by atoms with van der Waals surface area (Å²) in [5, 5.41) is 5.94. The van der Waals surface area contributed by atoms with E-state index in [2.05, 4.69) is 10.4 Å². The van der Waals surface area contributed by atoms with Gasteiger partial charge in [0.2, 0.25) is 5.91 Å². The Balaban J connectivity index is 1.63. The SMILES string of the molecule is Cc1c(Cl)c(C(F)(F)F)nn1CC(=O)N[C@H](C)[C@@H]1C[C@H]2CC[C@H]1C2. The van der Waals surface area contributed by atoms with Crippen molar-refractivity contribution in [3.05, 3.63) is 16.4 Å². The Morgan fingerprint density at radius 2 is 2.12 bits per heavy atom. The maximum absolute atomic E-state index is 12.8. The van der Waals surface area contributed by atoms with Crippen LogP contribution in [-0.2, 0) is 17.5 Å². The molecule has 4 nitrogen and oxygen atoms in total. The van der Waals surface area contributed by atoms with Crippen LogP contribution < -0.4 is 5.32 Å². The average molecular weight is 364 g/mol. The highest BCUT2D eigenvalue weighted by Crippen LogP contribution is 2.49. The predicted octanol–water partition coefficient (Wildman–Crippen LogP) is 3.80. The average Bonchev–Trinajstić information content (AvgIpc) is 3.17. The Kier molecular flexibility index (Phi) is 4.57. The van der Waals surface area contributed by atoms with Crippen molar-refractivity contribution in [2.75, 3.05) is 0 Å². The first-order chi connectivity index (χ1) is 11.2. The number of hydrogen-bond donors (Lipinski definition) is 1. The van der Waals surface area contributed by atoms with E-state index in [0.29, 0.717) is 11.8 Å². The summed E-state index contributed by atoms with van der Waals surface area (Å²) in [7, 11) is 0. The second-order valence-electron chi connectivity index (χ2n) is 7.10. The Morgan fingerprint density at radius 1 is 1.42 bits per heavy atom. The maximum atomic E-state index is 12.8. The fourth-order valence-electron chi connectivity index (χ4n) is 4.31. The quantitative estimate of drug-likeness (QED) is 0.884. The molecule has 0 saturated heterocycles. The normalized spacial score (nSPS) is 27.5. The molecule has 3 rings (SSSR count). The molecule has 0 radical (unpaired) electrons. The van der Waals surface area contributed by atoms with Crippen LogP contribution in [0.1, 0.15) is 44.0 Å².